The second kappa shape index (κ2) is 5.42. The smallest absolute Gasteiger partial charge is 0.203 e. The summed E-state index contributed by atoms with van der Waals surface area (Å²) in [6.45, 7) is 5.66. The lowest BCUT2D eigenvalue weighted by molar-refractivity contribution is 0.100. The number of fused-ring (bicyclic) bond motifs is 2. The van der Waals surface area contributed by atoms with Crippen LogP contribution in [0.3, 0.4) is 0 Å². The molecule has 1 aromatic rings. The third-order valence-corrected chi connectivity index (χ3v) is 4.45. The van der Waals surface area contributed by atoms with Crippen molar-refractivity contribution >= 4 is 11.4 Å². The Hall–Kier alpha value is -2.73. The minimum atomic E-state index is -1.11. The Morgan fingerprint density at radius 2 is 1.79 bits per heavy atom. The van der Waals surface area contributed by atoms with E-state index in [1.54, 1.807) is 13.0 Å². The first-order chi connectivity index (χ1) is 11.3. The first-order valence-corrected chi connectivity index (χ1v) is 7.39. The summed E-state index contributed by atoms with van der Waals surface area (Å²) in [5, 5.41) is 30.6. The number of carbonyl (C=O) groups is 1. The van der Waals surface area contributed by atoms with Crippen LogP contribution in [0.5, 0.6) is 17.2 Å². The van der Waals surface area contributed by atoms with Gasteiger partial charge in [-0.15, -0.1) is 0 Å². The zero-order valence-electron chi connectivity index (χ0n) is 13.6. The van der Waals surface area contributed by atoms with Crippen molar-refractivity contribution in [1.29, 1.82) is 0 Å². The second-order valence-corrected chi connectivity index (χ2v) is 5.84. The Labute approximate surface area is 139 Å². The van der Waals surface area contributed by atoms with Gasteiger partial charge >= 0.3 is 0 Å². The molecule has 0 aliphatic heterocycles. The van der Waals surface area contributed by atoms with Crippen molar-refractivity contribution in [2.75, 3.05) is 14.2 Å². The lowest BCUT2D eigenvalue weighted by Gasteiger charge is -2.32. The Bertz CT molecular complexity index is 830. The number of allylic oxidation sites excluding steroid dienone is 3. The summed E-state index contributed by atoms with van der Waals surface area (Å²) in [4.78, 5) is 12.9. The van der Waals surface area contributed by atoms with Crippen molar-refractivity contribution < 1.29 is 29.6 Å². The fraction of sp³-hybridized carbons (Fsp3) is 0.278. The third-order valence-electron chi connectivity index (χ3n) is 4.45. The standard InChI is InChI=1S/C18H18O6/c1-7-5-9-12(16(22)14(7)20)8(2)13-10(15(9)21)6-11(19)17(23-3)18(13)24-4/h5-7,14,19-20,22H,2H2,1,3-4H3. The molecule has 0 heterocycles. The van der Waals surface area contributed by atoms with E-state index in [0.717, 1.165) is 0 Å². The van der Waals surface area contributed by atoms with Crippen LogP contribution < -0.4 is 9.47 Å². The molecule has 126 valence electrons. The molecule has 0 fully saturated rings. The van der Waals surface area contributed by atoms with Crippen molar-refractivity contribution in [3.8, 4) is 17.2 Å². The molecule has 0 bridgehead atoms. The highest BCUT2D eigenvalue weighted by Crippen LogP contribution is 2.51. The molecule has 2 atom stereocenters. The van der Waals surface area contributed by atoms with Crippen LogP contribution in [0.4, 0.5) is 0 Å². The highest BCUT2D eigenvalue weighted by molar-refractivity contribution is 6.22. The normalized spacial score (nSPS) is 22.8. The molecule has 3 rings (SSSR count). The maximum absolute atomic E-state index is 12.9. The lowest BCUT2D eigenvalue weighted by atomic mass is 9.74. The number of phenolic OH excluding ortho intramolecular Hbond substituents is 1. The van der Waals surface area contributed by atoms with Gasteiger partial charge in [-0.05, 0) is 11.6 Å². The van der Waals surface area contributed by atoms with Gasteiger partial charge in [0.25, 0.3) is 0 Å². The Balaban J connectivity index is 2.38. The van der Waals surface area contributed by atoms with Crippen LogP contribution in [0.25, 0.3) is 5.57 Å². The number of aromatic hydroxyl groups is 1. The topological polar surface area (TPSA) is 96.2 Å². The summed E-state index contributed by atoms with van der Waals surface area (Å²) in [7, 11) is 2.75. The van der Waals surface area contributed by atoms with Crippen molar-refractivity contribution in [3.63, 3.8) is 0 Å². The number of Topliss-reactive ketones (excluding diaryl/α,β-unsaturated/α-hetero) is 1. The molecular weight excluding hydrogens is 312 g/mol. The molecule has 0 radical (unpaired) electrons. The molecule has 6 heteroatoms. The molecule has 3 N–H and O–H groups in total. The van der Waals surface area contributed by atoms with Gasteiger partial charge in [-0.2, -0.15) is 0 Å². The summed E-state index contributed by atoms with van der Waals surface area (Å²) >= 11 is 0. The van der Waals surface area contributed by atoms with E-state index in [0.29, 0.717) is 11.1 Å². The van der Waals surface area contributed by atoms with Crippen molar-refractivity contribution in [2.24, 2.45) is 5.92 Å². The van der Waals surface area contributed by atoms with Crippen LogP contribution >= 0.6 is 0 Å². The molecule has 1 aromatic carbocycles. The van der Waals surface area contributed by atoms with E-state index in [9.17, 15) is 20.1 Å². The van der Waals surface area contributed by atoms with Crippen LogP contribution in [-0.4, -0.2) is 41.4 Å². The summed E-state index contributed by atoms with van der Waals surface area (Å²) in [6.07, 6.45) is 0.490. The summed E-state index contributed by atoms with van der Waals surface area (Å²) < 4.78 is 10.5. The van der Waals surface area contributed by atoms with E-state index in [1.807, 2.05) is 0 Å². The fourth-order valence-electron chi connectivity index (χ4n) is 3.25. The second-order valence-electron chi connectivity index (χ2n) is 5.84. The quantitative estimate of drug-likeness (QED) is 0.770. The number of aliphatic hydroxyl groups is 2. The van der Waals surface area contributed by atoms with Gasteiger partial charge in [0, 0.05) is 28.2 Å². The first-order valence-electron chi connectivity index (χ1n) is 7.39. The average Bonchev–Trinajstić information content (AvgIpc) is 2.55. The number of ketones is 1. The number of hydrogen-bond acceptors (Lipinski definition) is 6. The predicted molar refractivity (Wildman–Crippen MR) is 87.5 cm³/mol. The number of ether oxygens (including phenoxy) is 2. The zero-order chi connectivity index (χ0) is 17.8. The molecule has 0 aromatic heterocycles. The number of hydrogen-bond donors (Lipinski definition) is 3. The molecule has 6 nitrogen and oxygen atoms in total. The van der Waals surface area contributed by atoms with E-state index < -0.39 is 12.0 Å². The lowest BCUT2D eigenvalue weighted by Crippen LogP contribution is -2.29. The Kier molecular flexibility index (Phi) is 3.64. The summed E-state index contributed by atoms with van der Waals surface area (Å²) in [6, 6.07) is 1.30. The summed E-state index contributed by atoms with van der Waals surface area (Å²) in [5.41, 5.74) is 1.33. The molecule has 0 amide bonds. The van der Waals surface area contributed by atoms with E-state index in [1.165, 1.54) is 20.3 Å². The van der Waals surface area contributed by atoms with Crippen molar-refractivity contribution in [2.45, 2.75) is 13.0 Å². The number of methoxy groups -OCH3 is 2. The third kappa shape index (κ3) is 1.96. The van der Waals surface area contributed by atoms with Crippen molar-refractivity contribution in [3.05, 3.63) is 46.8 Å². The van der Waals surface area contributed by atoms with Crippen LogP contribution in [-0.2, 0) is 0 Å². The number of phenols is 1. The van der Waals surface area contributed by atoms with E-state index >= 15 is 0 Å². The molecule has 0 saturated heterocycles. The van der Waals surface area contributed by atoms with Gasteiger partial charge < -0.3 is 24.8 Å². The number of benzene rings is 1. The minimum Gasteiger partial charge on any atom is -0.509 e. The van der Waals surface area contributed by atoms with Gasteiger partial charge in [-0.1, -0.05) is 19.6 Å². The van der Waals surface area contributed by atoms with Gasteiger partial charge in [-0.3, -0.25) is 4.79 Å². The SMILES string of the molecule is C=C1C2=C(O)C(O)C(C)C=C2C(=O)c2cc(O)c(OC)c(OC)c21. The van der Waals surface area contributed by atoms with Crippen LogP contribution in [0.1, 0.15) is 22.8 Å². The maximum Gasteiger partial charge on any atom is 0.203 e. The van der Waals surface area contributed by atoms with Crippen LogP contribution in [0.2, 0.25) is 0 Å². The van der Waals surface area contributed by atoms with Crippen LogP contribution in [0.15, 0.2) is 35.6 Å². The highest BCUT2D eigenvalue weighted by Gasteiger charge is 2.40. The van der Waals surface area contributed by atoms with Crippen LogP contribution in [0, 0.1) is 5.92 Å². The summed E-state index contributed by atoms with van der Waals surface area (Å²) in [5.74, 6) is -1.10. The van der Waals surface area contributed by atoms with Gasteiger partial charge in [0.15, 0.2) is 17.3 Å². The zero-order valence-corrected chi connectivity index (χ0v) is 13.6. The van der Waals surface area contributed by atoms with Gasteiger partial charge in [0.05, 0.1) is 14.2 Å². The largest absolute Gasteiger partial charge is 0.509 e. The van der Waals surface area contributed by atoms with E-state index in [4.69, 9.17) is 9.47 Å². The number of carbonyl (C=O) groups excluding carboxylic acids is 1. The van der Waals surface area contributed by atoms with Gasteiger partial charge in [0.1, 0.15) is 11.9 Å². The molecule has 2 unspecified atom stereocenters. The van der Waals surface area contributed by atoms with Gasteiger partial charge in [0.2, 0.25) is 5.75 Å². The monoisotopic (exact) mass is 330 g/mol. The molecule has 0 saturated carbocycles. The first kappa shape index (κ1) is 16.1. The number of aliphatic hydroxyl groups excluding tert-OH is 2. The van der Waals surface area contributed by atoms with E-state index in [-0.39, 0.29) is 45.5 Å². The number of rotatable bonds is 2. The van der Waals surface area contributed by atoms with E-state index in [2.05, 4.69) is 6.58 Å². The maximum atomic E-state index is 12.9. The predicted octanol–water partition coefficient (Wildman–Crippen LogP) is 2.37. The molecule has 0 spiro atoms. The van der Waals surface area contributed by atoms with Gasteiger partial charge in [-0.25, -0.2) is 0 Å². The highest BCUT2D eigenvalue weighted by atomic mass is 16.5. The molecule has 2 aliphatic carbocycles. The minimum absolute atomic E-state index is 0.0717. The Morgan fingerprint density at radius 3 is 2.38 bits per heavy atom. The molecular formula is C18H18O6. The van der Waals surface area contributed by atoms with Crippen molar-refractivity contribution in [1.82, 2.24) is 0 Å². The molecule has 24 heavy (non-hydrogen) atoms. The fourth-order valence-corrected chi connectivity index (χ4v) is 3.25. The average molecular weight is 330 g/mol. The molecule has 2 aliphatic rings. The Morgan fingerprint density at radius 1 is 1.17 bits per heavy atom.